The van der Waals surface area contributed by atoms with E-state index in [4.69, 9.17) is 27.9 Å². The van der Waals surface area contributed by atoms with Crippen LogP contribution in [0.3, 0.4) is 0 Å². The summed E-state index contributed by atoms with van der Waals surface area (Å²) in [6, 6.07) is 14.5. The van der Waals surface area contributed by atoms with E-state index < -0.39 is 5.91 Å². The smallest absolute Gasteiger partial charge is 0.278 e. The lowest BCUT2D eigenvalue weighted by molar-refractivity contribution is 0.101. The third kappa shape index (κ3) is 5.42. The maximum atomic E-state index is 12.5. The average molecular weight is 457 g/mol. The van der Waals surface area contributed by atoms with Crippen molar-refractivity contribution in [2.75, 3.05) is 5.32 Å². The molecular formula is C21H18Cl2N6O2. The van der Waals surface area contributed by atoms with Gasteiger partial charge in [0.25, 0.3) is 5.91 Å². The molecule has 0 spiro atoms. The number of ether oxygens (including phenoxy) is 1. The molecule has 0 bridgehead atoms. The summed E-state index contributed by atoms with van der Waals surface area (Å²) in [5, 5.41) is 12.3. The summed E-state index contributed by atoms with van der Waals surface area (Å²) < 4.78 is 8.80. The van der Waals surface area contributed by atoms with Crippen molar-refractivity contribution in [1.82, 2.24) is 24.5 Å². The zero-order valence-corrected chi connectivity index (χ0v) is 18.0. The number of amides is 1. The van der Waals surface area contributed by atoms with Gasteiger partial charge in [0.05, 0.1) is 11.6 Å². The molecule has 0 unspecified atom stereocenters. The van der Waals surface area contributed by atoms with Crippen molar-refractivity contribution in [2.24, 2.45) is 0 Å². The van der Waals surface area contributed by atoms with Gasteiger partial charge in [0.15, 0.2) is 12.4 Å². The number of hydrogen-bond donors (Lipinski definition) is 1. The van der Waals surface area contributed by atoms with Crippen LogP contribution in [0.25, 0.3) is 0 Å². The number of aromatic nitrogens is 5. The van der Waals surface area contributed by atoms with Crippen LogP contribution < -0.4 is 10.1 Å². The first-order chi connectivity index (χ1) is 15.0. The fraction of sp³-hybridized carbons (Fsp3) is 0.143. The Morgan fingerprint density at radius 3 is 2.68 bits per heavy atom. The third-order valence-electron chi connectivity index (χ3n) is 4.33. The molecule has 0 aliphatic heterocycles. The molecule has 1 N–H and O–H groups in total. The molecule has 10 heteroatoms. The van der Waals surface area contributed by atoms with Crippen LogP contribution in [0, 0.1) is 6.92 Å². The van der Waals surface area contributed by atoms with Crippen LogP contribution >= 0.6 is 23.2 Å². The minimum absolute atomic E-state index is 0.115. The van der Waals surface area contributed by atoms with E-state index in [1.165, 1.54) is 4.68 Å². The van der Waals surface area contributed by atoms with Crippen molar-refractivity contribution in [2.45, 2.75) is 20.2 Å². The first-order valence-electron chi connectivity index (χ1n) is 9.34. The summed E-state index contributed by atoms with van der Waals surface area (Å²) in [5.41, 5.74) is 2.26. The number of carbonyl (C=O) groups is 1. The van der Waals surface area contributed by atoms with E-state index in [9.17, 15) is 4.79 Å². The molecule has 2 heterocycles. The van der Waals surface area contributed by atoms with Gasteiger partial charge in [-0.05, 0) is 48.4 Å². The van der Waals surface area contributed by atoms with E-state index in [1.807, 2.05) is 43.3 Å². The highest BCUT2D eigenvalue weighted by Gasteiger charge is 2.13. The Hall–Kier alpha value is -3.36. The number of benzene rings is 2. The molecular weight excluding hydrogens is 439 g/mol. The maximum Gasteiger partial charge on any atom is 0.278 e. The molecule has 0 radical (unpaired) electrons. The normalized spacial score (nSPS) is 10.8. The van der Waals surface area contributed by atoms with Crippen LogP contribution in [0.1, 0.15) is 21.6 Å². The molecule has 2 aromatic heterocycles. The van der Waals surface area contributed by atoms with Gasteiger partial charge in [0.2, 0.25) is 5.95 Å². The van der Waals surface area contributed by atoms with E-state index in [2.05, 4.69) is 20.5 Å². The molecule has 0 aliphatic carbocycles. The number of hydrogen-bond acceptors (Lipinski definition) is 5. The summed E-state index contributed by atoms with van der Waals surface area (Å²) in [7, 11) is 0. The van der Waals surface area contributed by atoms with Gasteiger partial charge in [-0.15, -0.1) is 5.10 Å². The lowest BCUT2D eigenvalue weighted by Gasteiger charge is -2.08. The monoisotopic (exact) mass is 456 g/mol. The number of aryl methyl sites for hydroxylation is 1. The summed E-state index contributed by atoms with van der Waals surface area (Å²) in [5.74, 6) is 0.325. The number of halogens is 2. The second kappa shape index (κ2) is 9.20. The fourth-order valence-electron chi connectivity index (χ4n) is 2.78. The molecule has 4 rings (SSSR count). The number of rotatable bonds is 7. The molecule has 8 nitrogen and oxygen atoms in total. The Bertz CT molecular complexity index is 1200. The SMILES string of the molecule is Cc1ccc(Cl)c(OCn2ccc(C(=O)Nc3ncn(Cc4ccc(Cl)cc4)n3)n2)c1. The Morgan fingerprint density at radius 2 is 1.87 bits per heavy atom. The molecule has 0 fully saturated rings. The van der Waals surface area contributed by atoms with Crippen LogP contribution in [-0.2, 0) is 13.3 Å². The van der Waals surface area contributed by atoms with Gasteiger partial charge in [-0.25, -0.2) is 14.3 Å². The highest BCUT2D eigenvalue weighted by Crippen LogP contribution is 2.25. The van der Waals surface area contributed by atoms with Crippen molar-refractivity contribution in [3.05, 3.63) is 87.9 Å². The Morgan fingerprint density at radius 1 is 1.06 bits per heavy atom. The quantitative estimate of drug-likeness (QED) is 0.444. The highest BCUT2D eigenvalue weighted by molar-refractivity contribution is 6.32. The van der Waals surface area contributed by atoms with Crippen LogP contribution in [0.2, 0.25) is 10.0 Å². The molecule has 4 aromatic rings. The van der Waals surface area contributed by atoms with Crippen molar-refractivity contribution in [3.63, 3.8) is 0 Å². The van der Waals surface area contributed by atoms with Crippen molar-refractivity contribution < 1.29 is 9.53 Å². The minimum Gasteiger partial charge on any atom is -0.470 e. The predicted molar refractivity (Wildman–Crippen MR) is 118 cm³/mol. The minimum atomic E-state index is -0.420. The van der Waals surface area contributed by atoms with Crippen LogP contribution in [-0.4, -0.2) is 30.5 Å². The van der Waals surface area contributed by atoms with Crippen molar-refractivity contribution in [1.29, 1.82) is 0 Å². The number of nitrogens with one attached hydrogen (secondary N) is 1. The number of carbonyl (C=O) groups excluding carboxylic acids is 1. The Balaban J connectivity index is 1.34. The number of nitrogens with zero attached hydrogens (tertiary/aromatic N) is 5. The maximum absolute atomic E-state index is 12.5. The number of anilines is 1. The molecule has 1 amide bonds. The van der Waals surface area contributed by atoms with E-state index in [-0.39, 0.29) is 18.4 Å². The van der Waals surface area contributed by atoms with Gasteiger partial charge in [-0.1, -0.05) is 41.4 Å². The van der Waals surface area contributed by atoms with Gasteiger partial charge >= 0.3 is 0 Å². The fourth-order valence-corrected chi connectivity index (χ4v) is 3.08. The summed E-state index contributed by atoms with van der Waals surface area (Å²) in [6.45, 7) is 2.57. The second-order valence-electron chi connectivity index (χ2n) is 6.79. The van der Waals surface area contributed by atoms with Crippen LogP contribution in [0.15, 0.2) is 61.1 Å². The van der Waals surface area contributed by atoms with E-state index in [0.717, 1.165) is 11.1 Å². The lowest BCUT2D eigenvalue weighted by atomic mass is 10.2. The van der Waals surface area contributed by atoms with E-state index >= 15 is 0 Å². The van der Waals surface area contributed by atoms with Crippen LogP contribution in [0.5, 0.6) is 5.75 Å². The van der Waals surface area contributed by atoms with Crippen molar-refractivity contribution in [3.8, 4) is 5.75 Å². The molecule has 2 aromatic carbocycles. The molecule has 0 aliphatic rings. The first-order valence-corrected chi connectivity index (χ1v) is 10.1. The predicted octanol–water partition coefficient (Wildman–Crippen LogP) is 4.43. The van der Waals surface area contributed by atoms with Crippen molar-refractivity contribution >= 4 is 35.1 Å². The van der Waals surface area contributed by atoms with E-state index in [0.29, 0.717) is 22.3 Å². The zero-order chi connectivity index (χ0) is 21.8. The summed E-state index contributed by atoms with van der Waals surface area (Å²) in [4.78, 5) is 16.6. The molecule has 0 atom stereocenters. The molecule has 0 saturated carbocycles. The zero-order valence-electron chi connectivity index (χ0n) is 16.5. The molecule has 31 heavy (non-hydrogen) atoms. The Labute approximate surface area is 188 Å². The van der Waals surface area contributed by atoms with Crippen LogP contribution in [0.4, 0.5) is 5.95 Å². The third-order valence-corrected chi connectivity index (χ3v) is 4.90. The van der Waals surface area contributed by atoms with Gasteiger partial charge in [-0.3, -0.25) is 10.1 Å². The van der Waals surface area contributed by atoms with E-state index in [1.54, 1.807) is 29.3 Å². The average Bonchev–Trinajstić information content (AvgIpc) is 3.40. The second-order valence-corrected chi connectivity index (χ2v) is 7.64. The molecule has 158 valence electrons. The van der Waals surface area contributed by atoms with Gasteiger partial charge < -0.3 is 4.74 Å². The van der Waals surface area contributed by atoms with Gasteiger partial charge in [0, 0.05) is 11.2 Å². The Kier molecular flexibility index (Phi) is 6.20. The standard InChI is InChI=1S/C21H18Cl2N6O2/c1-14-2-7-17(23)19(10-14)31-13-28-9-8-18(26-28)20(30)25-21-24-12-29(27-21)11-15-3-5-16(22)6-4-15/h2-10,12H,11,13H2,1H3,(H,25,27,30). The first kappa shape index (κ1) is 20.9. The van der Waals surface area contributed by atoms with Gasteiger partial charge in [-0.2, -0.15) is 5.10 Å². The van der Waals surface area contributed by atoms with Gasteiger partial charge in [0.1, 0.15) is 12.1 Å². The lowest BCUT2D eigenvalue weighted by Crippen LogP contribution is -2.15. The topological polar surface area (TPSA) is 86.9 Å². The largest absolute Gasteiger partial charge is 0.470 e. The summed E-state index contributed by atoms with van der Waals surface area (Å²) >= 11 is 12.0. The summed E-state index contributed by atoms with van der Waals surface area (Å²) in [6.07, 6.45) is 3.19. The highest BCUT2D eigenvalue weighted by atomic mass is 35.5. The molecule has 0 saturated heterocycles.